The fourth-order valence-electron chi connectivity index (χ4n) is 2.29. The molecule has 106 valence electrons. The van der Waals surface area contributed by atoms with Crippen molar-refractivity contribution in [2.24, 2.45) is 0 Å². The van der Waals surface area contributed by atoms with Crippen molar-refractivity contribution in [3.8, 4) is 16.9 Å². The van der Waals surface area contributed by atoms with Gasteiger partial charge in [-0.25, -0.2) is 9.07 Å². The molecule has 3 aromatic rings. The standard InChI is InChI=1S/C16H14FN3O/c1-11-5-4-6-12(9-11)16-14(10-21)18-19-20(16)15-8-3-2-7-13(15)17/h2-9,21H,10H2,1H3. The fourth-order valence-corrected chi connectivity index (χ4v) is 2.29. The molecular weight excluding hydrogens is 269 g/mol. The summed E-state index contributed by atoms with van der Waals surface area (Å²) in [4.78, 5) is 0. The SMILES string of the molecule is Cc1cccc(-c2c(CO)nnn2-c2ccccc2F)c1. The maximum Gasteiger partial charge on any atom is 0.148 e. The molecule has 1 heterocycles. The number of para-hydroxylation sites is 1. The van der Waals surface area contributed by atoms with Gasteiger partial charge < -0.3 is 5.11 Å². The minimum Gasteiger partial charge on any atom is -0.390 e. The first-order chi connectivity index (χ1) is 10.2. The summed E-state index contributed by atoms with van der Waals surface area (Å²) in [5, 5.41) is 17.4. The molecule has 21 heavy (non-hydrogen) atoms. The summed E-state index contributed by atoms with van der Waals surface area (Å²) in [5.74, 6) is -0.388. The summed E-state index contributed by atoms with van der Waals surface area (Å²) in [6, 6.07) is 14.1. The van der Waals surface area contributed by atoms with Gasteiger partial charge in [-0.3, -0.25) is 0 Å². The summed E-state index contributed by atoms with van der Waals surface area (Å²) < 4.78 is 15.4. The van der Waals surface area contributed by atoms with Crippen LogP contribution in [0.5, 0.6) is 0 Å². The predicted octanol–water partition coefficient (Wildman–Crippen LogP) is 2.87. The molecule has 1 N–H and O–H groups in total. The predicted molar refractivity (Wildman–Crippen MR) is 77.4 cm³/mol. The van der Waals surface area contributed by atoms with Gasteiger partial charge in [-0.2, -0.15) is 0 Å². The quantitative estimate of drug-likeness (QED) is 0.804. The Morgan fingerprint density at radius 3 is 2.67 bits per heavy atom. The zero-order valence-corrected chi connectivity index (χ0v) is 11.5. The van der Waals surface area contributed by atoms with E-state index in [2.05, 4.69) is 10.3 Å². The number of hydrogen-bond acceptors (Lipinski definition) is 3. The summed E-state index contributed by atoms with van der Waals surface area (Å²) in [6.07, 6.45) is 0. The van der Waals surface area contributed by atoms with Gasteiger partial charge in [-0.05, 0) is 25.1 Å². The smallest absolute Gasteiger partial charge is 0.148 e. The lowest BCUT2D eigenvalue weighted by molar-refractivity contribution is 0.277. The number of benzene rings is 2. The fraction of sp³-hybridized carbons (Fsp3) is 0.125. The maximum absolute atomic E-state index is 14.0. The Bertz CT molecular complexity index is 783. The molecule has 0 saturated carbocycles. The number of aliphatic hydroxyl groups is 1. The van der Waals surface area contributed by atoms with Crippen LogP contribution in [0.25, 0.3) is 16.9 Å². The van der Waals surface area contributed by atoms with Gasteiger partial charge in [0, 0.05) is 5.56 Å². The molecule has 3 rings (SSSR count). The first kappa shape index (κ1) is 13.5. The molecule has 4 nitrogen and oxygen atoms in total. The van der Waals surface area contributed by atoms with Crippen LogP contribution in [-0.4, -0.2) is 20.1 Å². The van der Waals surface area contributed by atoms with E-state index in [1.807, 2.05) is 31.2 Å². The normalized spacial score (nSPS) is 10.8. The third kappa shape index (κ3) is 2.43. The summed E-state index contributed by atoms with van der Waals surface area (Å²) in [7, 11) is 0. The second-order valence-corrected chi connectivity index (χ2v) is 4.78. The molecule has 2 aromatic carbocycles. The van der Waals surface area contributed by atoms with E-state index in [1.54, 1.807) is 18.2 Å². The highest BCUT2D eigenvalue weighted by atomic mass is 19.1. The largest absolute Gasteiger partial charge is 0.390 e. The van der Waals surface area contributed by atoms with E-state index in [0.717, 1.165) is 11.1 Å². The summed E-state index contributed by atoms with van der Waals surface area (Å²) >= 11 is 0. The zero-order valence-electron chi connectivity index (χ0n) is 11.5. The van der Waals surface area contributed by atoms with Crippen LogP contribution < -0.4 is 0 Å². The van der Waals surface area contributed by atoms with Gasteiger partial charge in [0.15, 0.2) is 0 Å². The Hall–Kier alpha value is -2.53. The lowest BCUT2D eigenvalue weighted by Gasteiger charge is -2.09. The van der Waals surface area contributed by atoms with Crippen LogP contribution >= 0.6 is 0 Å². The van der Waals surface area contributed by atoms with Gasteiger partial charge >= 0.3 is 0 Å². The van der Waals surface area contributed by atoms with Gasteiger partial charge in [0.2, 0.25) is 0 Å². The van der Waals surface area contributed by atoms with E-state index in [4.69, 9.17) is 0 Å². The molecule has 0 aliphatic heterocycles. The van der Waals surface area contributed by atoms with E-state index in [-0.39, 0.29) is 12.4 Å². The molecule has 0 aliphatic carbocycles. The third-order valence-corrected chi connectivity index (χ3v) is 3.26. The summed E-state index contributed by atoms with van der Waals surface area (Å²) in [6.45, 7) is 1.72. The molecule has 5 heteroatoms. The molecule has 1 aromatic heterocycles. The number of aromatic nitrogens is 3. The molecule has 0 saturated heterocycles. The van der Waals surface area contributed by atoms with E-state index in [1.165, 1.54) is 10.7 Å². The number of aliphatic hydroxyl groups excluding tert-OH is 1. The molecule has 0 spiro atoms. The Balaban J connectivity index is 2.24. The topological polar surface area (TPSA) is 50.9 Å². The molecule has 0 fully saturated rings. The van der Waals surface area contributed by atoms with Gasteiger partial charge in [0.1, 0.15) is 22.9 Å². The molecule has 0 unspecified atom stereocenters. The highest BCUT2D eigenvalue weighted by molar-refractivity contribution is 5.65. The van der Waals surface area contributed by atoms with Crippen molar-refractivity contribution in [1.82, 2.24) is 15.0 Å². The van der Waals surface area contributed by atoms with Crippen molar-refractivity contribution in [3.05, 3.63) is 65.6 Å². The van der Waals surface area contributed by atoms with Crippen LogP contribution in [0, 0.1) is 12.7 Å². The van der Waals surface area contributed by atoms with E-state index in [9.17, 15) is 9.50 Å². The second kappa shape index (κ2) is 5.46. The van der Waals surface area contributed by atoms with Crippen molar-refractivity contribution in [2.75, 3.05) is 0 Å². The monoisotopic (exact) mass is 283 g/mol. The van der Waals surface area contributed by atoms with Gasteiger partial charge in [-0.15, -0.1) is 5.10 Å². The lowest BCUT2D eigenvalue weighted by Crippen LogP contribution is -2.03. The number of hydrogen-bond donors (Lipinski definition) is 1. The molecule has 0 amide bonds. The minimum absolute atomic E-state index is 0.252. The van der Waals surface area contributed by atoms with Gasteiger partial charge in [0.25, 0.3) is 0 Å². The zero-order chi connectivity index (χ0) is 14.8. The van der Waals surface area contributed by atoms with Gasteiger partial charge in [-0.1, -0.05) is 41.1 Å². The second-order valence-electron chi connectivity index (χ2n) is 4.78. The summed E-state index contributed by atoms with van der Waals surface area (Å²) in [5.41, 5.74) is 3.24. The molecule has 0 atom stereocenters. The Morgan fingerprint density at radius 1 is 1.14 bits per heavy atom. The van der Waals surface area contributed by atoms with Crippen LogP contribution in [0.4, 0.5) is 4.39 Å². The first-order valence-electron chi connectivity index (χ1n) is 6.58. The van der Waals surface area contributed by atoms with E-state index >= 15 is 0 Å². The van der Waals surface area contributed by atoms with Crippen molar-refractivity contribution in [2.45, 2.75) is 13.5 Å². The number of rotatable bonds is 3. The van der Waals surface area contributed by atoms with Crippen molar-refractivity contribution < 1.29 is 9.50 Å². The van der Waals surface area contributed by atoms with Gasteiger partial charge in [0.05, 0.1) is 6.61 Å². The number of halogens is 1. The third-order valence-electron chi connectivity index (χ3n) is 3.26. The van der Waals surface area contributed by atoms with E-state index < -0.39 is 0 Å². The van der Waals surface area contributed by atoms with Crippen LogP contribution in [0.3, 0.4) is 0 Å². The lowest BCUT2D eigenvalue weighted by atomic mass is 10.1. The molecule has 0 bridgehead atoms. The highest BCUT2D eigenvalue weighted by Gasteiger charge is 2.17. The molecular formula is C16H14FN3O. The average molecular weight is 283 g/mol. The Kier molecular flexibility index (Phi) is 3.50. The highest BCUT2D eigenvalue weighted by Crippen LogP contribution is 2.27. The average Bonchev–Trinajstić information content (AvgIpc) is 2.91. The molecule has 0 radical (unpaired) electrons. The van der Waals surface area contributed by atoms with Crippen molar-refractivity contribution in [3.63, 3.8) is 0 Å². The maximum atomic E-state index is 14.0. The number of nitrogens with zero attached hydrogens (tertiary/aromatic N) is 3. The molecule has 0 aliphatic rings. The van der Waals surface area contributed by atoms with Crippen molar-refractivity contribution in [1.29, 1.82) is 0 Å². The van der Waals surface area contributed by atoms with Crippen LogP contribution in [0.1, 0.15) is 11.3 Å². The first-order valence-corrected chi connectivity index (χ1v) is 6.58. The van der Waals surface area contributed by atoms with Crippen molar-refractivity contribution >= 4 is 0 Å². The number of aryl methyl sites for hydroxylation is 1. The Morgan fingerprint density at radius 2 is 1.95 bits per heavy atom. The van der Waals surface area contributed by atoms with Crippen LogP contribution in [0.15, 0.2) is 48.5 Å². The van der Waals surface area contributed by atoms with E-state index in [0.29, 0.717) is 17.1 Å². The minimum atomic E-state index is -0.388. The van der Waals surface area contributed by atoms with Crippen LogP contribution in [0.2, 0.25) is 0 Å². The van der Waals surface area contributed by atoms with Crippen LogP contribution in [-0.2, 0) is 6.61 Å². The Labute approximate surface area is 121 Å².